The van der Waals surface area contributed by atoms with Gasteiger partial charge in [-0.3, -0.25) is 10.1 Å². The number of aromatic nitrogens is 2. The van der Waals surface area contributed by atoms with Crippen molar-refractivity contribution in [1.82, 2.24) is 9.97 Å². The molecule has 0 atom stereocenters. The Morgan fingerprint density at radius 2 is 1.69 bits per heavy atom. The number of nitro groups is 1. The number of nitrogens with zero attached hydrogens (tertiary/aromatic N) is 4. The Balaban J connectivity index is 1.72. The number of hydrogen-bond acceptors (Lipinski definition) is 6. The molecule has 0 amide bonds. The highest BCUT2D eigenvalue weighted by atomic mass is 16.6. The normalized spacial score (nSPS) is 10.7. The summed E-state index contributed by atoms with van der Waals surface area (Å²) in [7, 11) is 1.78. The van der Waals surface area contributed by atoms with Crippen molar-refractivity contribution < 1.29 is 4.92 Å². The van der Waals surface area contributed by atoms with E-state index in [0.29, 0.717) is 6.54 Å². The molecular weight excluding hydrogens is 366 g/mol. The lowest BCUT2D eigenvalue weighted by atomic mass is 10.1. The number of hydrogen-bond donors (Lipinski definition) is 1. The van der Waals surface area contributed by atoms with Gasteiger partial charge in [0, 0.05) is 24.7 Å². The summed E-state index contributed by atoms with van der Waals surface area (Å²) in [5.41, 5.74) is 1.63. The molecule has 3 aromatic carbocycles. The first-order valence-electron chi connectivity index (χ1n) is 9.13. The highest BCUT2D eigenvalue weighted by Crippen LogP contribution is 2.35. The van der Waals surface area contributed by atoms with Crippen LogP contribution in [-0.2, 0) is 6.54 Å². The van der Waals surface area contributed by atoms with Crippen molar-refractivity contribution >= 4 is 33.8 Å². The first-order chi connectivity index (χ1) is 14.1. The Morgan fingerprint density at radius 3 is 2.48 bits per heavy atom. The molecule has 0 unspecified atom stereocenters. The van der Waals surface area contributed by atoms with Crippen molar-refractivity contribution in [3.8, 4) is 0 Å². The molecule has 4 rings (SSSR count). The average Bonchev–Trinajstić information content (AvgIpc) is 2.74. The van der Waals surface area contributed by atoms with E-state index < -0.39 is 4.92 Å². The Labute approximate surface area is 167 Å². The van der Waals surface area contributed by atoms with Gasteiger partial charge in [-0.2, -0.15) is 0 Å². The van der Waals surface area contributed by atoms with Gasteiger partial charge in [-0.25, -0.2) is 9.97 Å². The van der Waals surface area contributed by atoms with Gasteiger partial charge in [0.1, 0.15) is 6.33 Å². The summed E-state index contributed by atoms with van der Waals surface area (Å²) >= 11 is 0. The third kappa shape index (κ3) is 3.84. The van der Waals surface area contributed by atoms with E-state index in [1.54, 1.807) is 11.9 Å². The molecule has 1 heterocycles. The molecule has 1 aromatic heterocycles. The maximum atomic E-state index is 11.9. The standard InChI is InChI=1S/C22H19N5O2/c1-26(14-16-8-3-2-4-9-16)22-20(27(28)29)21(23-15-24-22)25-19-13-7-11-17-10-5-6-12-18(17)19/h2-13,15H,14H2,1H3,(H,23,24,25). The minimum absolute atomic E-state index is 0.154. The van der Waals surface area contributed by atoms with Crippen LogP contribution in [0, 0.1) is 10.1 Å². The van der Waals surface area contributed by atoms with Crippen LogP contribution in [0.25, 0.3) is 10.8 Å². The zero-order chi connectivity index (χ0) is 20.2. The van der Waals surface area contributed by atoms with Gasteiger partial charge in [0.2, 0.25) is 11.6 Å². The molecular formula is C22H19N5O2. The minimum Gasteiger partial charge on any atom is -0.349 e. The third-order valence-corrected chi connectivity index (χ3v) is 4.65. The molecule has 0 bridgehead atoms. The fourth-order valence-corrected chi connectivity index (χ4v) is 3.30. The second-order valence-corrected chi connectivity index (χ2v) is 6.64. The lowest BCUT2D eigenvalue weighted by Crippen LogP contribution is -2.20. The van der Waals surface area contributed by atoms with Crippen LogP contribution in [-0.4, -0.2) is 21.9 Å². The maximum absolute atomic E-state index is 11.9. The smallest absolute Gasteiger partial charge is 0.349 e. The topological polar surface area (TPSA) is 84.2 Å². The molecule has 0 fully saturated rings. The molecule has 29 heavy (non-hydrogen) atoms. The fraction of sp³-hybridized carbons (Fsp3) is 0.0909. The lowest BCUT2D eigenvalue weighted by molar-refractivity contribution is -0.383. The van der Waals surface area contributed by atoms with Gasteiger partial charge in [0.15, 0.2) is 0 Å². The molecule has 7 heteroatoms. The van der Waals surface area contributed by atoms with Gasteiger partial charge in [-0.15, -0.1) is 0 Å². The molecule has 1 N–H and O–H groups in total. The molecule has 4 aromatic rings. The van der Waals surface area contributed by atoms with Crippen molar-refractivity contribution in [2.75, 3.05) is 17.3 Å². The van der Waals surface area contributed by atoms with Crippen LogP contribution in [0.4, 0.5) is 23.0 Å². The highest BCUT2D eigenvalue weighted by Gasteiger charge is 2.26. The van der Waals surface area contributed by atoms with E-state index in [1.807, 2.05) is 72.8 Å². The molecule has 0 aliphatic carbocycles. The largest absolute Gasteiger partial charge is 0.353 e. The number of fused-ring (bicyclic) bond motifs is 1. The second-order valence-electron chi connectivity index (χ2n) is 6.64. The predicted octanol–water partition coefficient (Wildman–Crippen LogP) is 4.92. The Morgan fingerprint density at radius 1 is 0.966 bits per heavy atom. The van der Waals surface area contributed by atoms with E-state index in [1.165, 1.54) is 6.33 Å². The van der Waals surface area contributed by atoms with Gasteiger partial charge in [0.05, 0.1) is 4.92 Å². The number of anilines is 3. The summed E-state index contributed by atoms with van der Waals surface area (Å²) in [6.07, 6.45) is 1.34. The minimum atomic E-state index is -0.440. The first-order valence-corrected chi connectivity index (χ1v) is 9.13. The molecule has 0 saturated heterocycles. The SMILES string of the molecule is CN(Cc1ccccc1)c1ncnc(Nc2cccc3ccccc23)c1[N+](=O)[O-]. The third-order valence-electron chi connectivity index (χ3n) is 4.65. The van der Waals surface area contributed by atoms with E-state index in [0.717, 1.165) is 22.0 Å². The fourth-order valence-electron chi connectivity index (χ4n) is 3.30. The zero-order valence-electron chi connectivity index (χ0n) is 15.8. The van der Waals surface area contributed by atoms with Crippen molar-refractivity contribution in [3.63, 3.8) is 0 Å². The second kappa shape index (κ2) is 7.93. The molecule has 0 spiro atoms. The molecule has 7 nitrogen and oxygen atoms in total. The molecule has 144 valence electrons. The summed E-state index contributed by atoms with van der Waals surface area (Å²) < 4.78 is 0. The molecule has 0 saturated carbocycles. The highest BCUT2D eigenvalue weighted by molar-refractivity contribution is 5.96. The van der Waals surface area contributed by atoms with Gasteiger partial charge >= 0.3 is 5.69 Å². The maximum Gasteiger partial charge on any atom is 0.353 e. The Bertz CT molecular complexity index is 1160. The summed E-state index contributed by atoms with van der Waals surface area (Å²) in [6.45, 7) is 0.492. The number of nitrogens with one attached hydrogen (secondary N) is 1. The predicted molar refractivity (Wildman–Crippen MR) is 114 cm³/mol. The van der Waals surface area contributed by atoms with Gasteiger partial charge in [-0.05, 0) is 17.0 Å². The number of benzene rings is 3. The summed E-state index contributed by atoms with van der Waals surface area (Å²) in [6, 6.07) is 23.4. The molecule has 0 aliphatic heterocycles. The van der Waals surface area contributed by atoms with Crippen molar-refractivity contribution in [2.24, 2.45) is 0 Å². The Kier molecular flexibility index (Phi) is 5.03. The lowest BCUT2D eigenvalue weighted by Gasteiger charge is -2.19. The van der Waals surface area contributed by atoms with Crippen LogP contribution in [0.1, 0.15) is 5.56 Å². The number of rotatable bonds is 6. The quantitative estimate of drug-likeness (QED) is 0.375. The monoisotopic (exact) mass is 385 g/mol. The van der Waals surface area contributed by atoms with Crippen LogP contribution in [0.2, 0.25) is 0 Å². The van der Waals surface area contributed by atoms with E-state index in [-0.39, 0.29) is 17.3 Å². The van der Waals surface area contributed by atoms with Gasteiger partial charge in [-0.1, -0.05) is 66.7 Å². The Hall–Kier alpha value is -4.00. The van der Waals surface area contributed by atoms with Crippen molar-refractivity contribution in [2.45, 2.75) is 6.54 Å². The molecule has 0 radical (unpaired) electrons. The van der Waals surface area contributed by atoms with E-state index in [2.05, 4.69) is 15.3 Å². The van der Waals surface area contributed by atoms with E-state index in [4.69, 9.17) is 0 Å². The van der Waals surface area contributed by atoms with Crippen LogP contribution in [0.3, 0.4) is 0 Å². The van der Waals surface area contributed by atoms with Gasteiger partial charge in [0.25, 0.3) is 0 Å². The average molecular weight is 385 g/mol. The summed E-state index contributed by atoms with van der Waals surface area (Å²) in [4.78, 5) is 21.6. The first kappa shape index (κ1) is 18.4. The zero-order valence-corrected chi connectivity index (χ0v) is 15.8. The summed E-state index contributed by atoms with van der Waals surface area (Å²) in [5.74, 6) is 0.424. The van der Waals surface area contributed by atoms with E-state index >= 15 is 0 Å². The van der Waals surface area contributed by atoms with Crippen LogP contribution >= 0.6 is 0 Å². The summed E-state index contributed by atoms with van der Waals surface area (Å²) in [5, 5.41) is 17.0. The van der Waals surface area contributed by atoms with Gasteiger partial charge < -0.3 is 10.2 Å². The molecule has 0 aliphatic rings. The van der Waals surface area contributed by atoms with E-state index in [9.17, 15) is 10.1 Å². The van der Waals surface area contributed by atoms with Crippen LogP contribution < -0.4 is 10.2 Å². The van der Waals surface area contributed by atoms with Crippen LogP contribution in [0.15, 0.2) is 79.1 Å². The van der Waals surface area contributed by atoms with Crippen LogP contribution in [0.5, 0.6) is 0 Å². The van der Waals surface area contributed by atoms with Crippen molar-refractivity contribution in [3.05, 3.63) is 94.8 Å². The van der Waals surface area contributed by atoms with Crippen molar-refractivity contribution in [1.29, 1.82) is 0 Å².